The van der Waals surface area contributed by atoms with E-state index in [-0.39, 0.29) is 11.8 Å². The first kappa shape index (κ1) is 14.2. The van der Waals surface area contributed by atoms with Gasteiger partial charge in [-0.1, -0.05) is 0 Å². The number of nitrogens with one attached hydrogen (secondary N) is 1. The second-order valence-electron chi connectivity index (χ2n) is 3.96. The number of nitrogens with zero attached hydrogens (tertiary/aromatic N) is 1. The minimum atomic E-state index is -0.476. The number of hydrogen-bond donors (Lipinski definition) is 2. The lowest BCUT2D eigenvalue weighted by Gasteiger charge is -2.12. The largest absolute Gasteiger partial charge is 0.465 e. The number of pyridine rings is 1. The van der Waals surface area contributed by atoms with Crippen LogP contribution in [0.5, 0.6) is 0 Å². The Kier molecular flexibility index (Phi) is 5.38. The van der Waals surface area contributed by atoms with Crippen molar-refractivity contribution in [3.8, 4) is 0 Å². The molecule has 0 fully saturated rings. The fraction of sp³-hybridized carbons (Fsp3) is 0.500. The number of rotatable bonds is 6. The van der Waals surface area contributed by atoms with Gasteiger partial charge in [-0.15, -0.1) is 0 Å². The molecule has 3 N–H and O–H groups in total. The Morgan fingerprint density at radius 1 is 1.56 bits per heavy atom. The van der Waals surface area contributed by atoms with Crippen molar-refractivity contribution in [3.05, 3.63) is 17.8 Å². The molecule has 1 heterocycles. The van der Waals surface area contributed by atoms with Crippen LogP contribution in [0, 0.1) is 0 Å². The standard InChI is InChI=1S/C12H19N3O3/c1-8(2)18-7-6-15-11-10(13)9(4-5-14-11)12(16)17-3/h4-5,8H,6-7,13H2,1-3H3,(H,14,15). The van der Waals surface area contributed by atoms with E-state index in [0.29, 0.717) is 24.5 Å². The molecule has 0 atom stereocenters. The van der Waals surface area contributed by atoms with Gasteiger partial charge in [0.2, 0.25) is 0 Å². The van der Waals surface area contributed by atoms with Crippen molar-refractivity contribution in [3.63, 3.8) is 0 Å². The predicted octanol–water partition coefficient (Wildman–Crippen LogP) is 1.29. The van der Waals surface area contributed by atoms with Gasteiger partial charge in [0.05, 0.1) is 31.1 Å². The Morgan fingerprint density at radius 2 is 2.28 bits per heavy atom. The number of aromatic nitrogens is 1. The maximum atomic E-state index is 11.4. The van der Waals surface area contributed by atoms with Crippen LogP contribution in [0.15, 0.2) is 12.3 Å². The van der Waals surface area contributed by atoms with E-state index >= 15 is 0 Å². The third-order valence-corrected chi connectivity index (χ3v) is 2.24. The molecule has 0 unspecified atom stereocenters. The first-order valence-electron chi connectivity index (χ1n) is 5.74. The molecule has 1 aromatic heterocycles. The molecular formula is C12H19N3O3. The summed E-state index contributed by atoms with van der Waals surface area (Å²) in [7, 11) is 1.31. The number of esters is 1. The third kappa shape index (κ3) is 3.89. The summed E-state index contributed by atoms with van der Waals surface area (Å²) in [5, 5.41) is 3.02. The monoisotopic (exact) mass is 253 g/mol. The van der Waals surface area contributed by atoms with E-state index in [1.165, 1.54) is 19.4 Å². The van der Waals surface area contributed by atoms with Gasteiger partial charge in [0.1, 0.15) is 5.82 Å². The zero-order chi connectivity index (χ0) is 13.5. The molecule has 0 saturated heterocycles. The van der Waals surface area contributed by atoms with Gasteiger partial charge in [-0.2, -0.15) is 0 Å². The van der Waals surface area contributed by atoms with Crippen molar-refractivity contribution < 1.29 is 14.3 Å². The maximum Gasteiger partial charge on any atom is 0.340 e. The smallest absolute Gasteiger partial charge is 0.340 e. The van der Waals surface area contributed by atoms with Crippen LogP contribution >= 0.6 is 0 Å². The molecule has 0 aliphatic carbocycles. The average molecular weight is 253 g/mol. The SMILES string of the molecule is COC(=O)c1ccnc(NCCOC(C)C)c1N. The van der Waals surface area contributed by atoms with Gasteiger partial charge in [-0.3, -0.25) is 0 Å². The summed E-state index contributed by atoms with van der Waals surface area (Å²) in [6.45, 7) is 5.04. The van der Waals surface area contributed by atoms with E-state index in [0.717, 1.165) is 0 Å². The number of nitrogens with two attached hydrogens (primary N) is 1. The van der Waals surface area contributed by atoms with E-state index < -0.39 is 5.97 Å². The topological polar surface area (TPSA) is 86.5 Å². The quantitative estimate of drug-likeness (QED) is 0.587. The molecule has 0 bridgehead atoms. The molecule has 0 aromatic carbocycles. The summed E-state index contributed by atoms with van der Waals surface area (Å²) in [5.74, 6) is -0.0124. The van der Waals surface area contributed by atoms with E-state index in [9.17, 15) is 4.79 Å². The minimum absolute atomic E-state index is 0.179. The normalized spacial score (nSPS) is 10.4. The highest BCUT2D eigenvalue weighted by atomic mass is 16.5. The van der Waals surface area contributed by atoms with Crippen LogP contribution in [-0.4, -0.2) is 37.3 Å². The number of hydrogen-bond acceptors (Lipinski definition) is 6. The molecule has 0 saturated carbocycles. The van der Waals surface area contributed by atoms with Gasteiger partial charge in [-0.05, 0) is 19.9 Å². The zero-order valence-corrected chi connectivity index (χ0v) is 10.9. The van der Waals surface area contributed by atoms with E-state index in [1.807, 2.05) is 13.8 Å². The molecule has 0 spiro atoms. The number of carbonyl (C=O) groups is 1. The lowest BCUT2D eigenvalue weighted by atomic mass is 10.2. The maximum absolute atomic E-state index is 11.4. The lowest BCUT2D eigenvalue weighted by Crippen LogP contribution is -2.16. The van der Waals surface area contributed by atoms with Crippen LogP contribution in [0.1, 0.15) is 24.2 Å². The Hall–Kier alpha value is -1.82. The molecule has 6 heteroatoms. The second-order valence-corrected chi connectivity index (χ2v) is 3.96. The van der Waals surface area contributed by atoms with Crippen LogP contribution in [0.2, 0.25) is 0 Å². The molecular weight excluding hydrogens is 234 g/mol. The Balaban J connectivity index is 2.64. The minimum Gasteiger partial charge on any atom is -0.465 e. The molecule has 0 amide bonds. The highest BCUT2D eigenvalue weighted by Crippen LogP contribution is 2.20. The summed E-state index contributed by atoms with van der Waals surface area (Å²) >= 11 is 0. The van der Waals surface area contributed by atoms with E-state index in [2.05, 4.69) is 15.0 Å². The highest BCUT2D eigenvalue weighted by Gasteiger charge is 2.13. The van der Waals surface area contributed by atoms with Crippen LogP contribution in [0.4, 0.5) is 11.5 Å². The molecule has 100 valence electrons. The molecule has 0 aliphatic rings. The number of carbonyl (C=O) groups excluding carboxylic acids is 1. The molecule has 1 rings (SSSR count). The fourth-order valence-electron chi connectivity index (χ4n) is 1.37. The molecule has 0 aliphatic heterocycles. The summed E-state index contributed by atoms with van der Waals surface area (Å²) in [6.07, 6.45) is 1.69. The molecule has 1 aromatic rings. The lowest BCUT2D eigenvalue weighted by molar-refractivity contribution is 0.0602. The van der Waals surface area contributed by atoms with Gasteiger partial charge >= 0.3 is 5.97 Å². The Bertz CT molecular complexity index is 408. The van der Waals surface area contributed by atoms with Crippen molar-refractivity contribution in [2.24, 2.45) is 0 Å². The first-order valence-corrected chi connectivity index (χ1v) is 5.74. The predicted molar refractivity (Wildman–Crippen MR) is 69.6 cm³/mol. The van der Waals surface area contributed by atoms with Crippen LogP contribution in [0.3, 0.4) is 0 Å². The molecule has 0 radical (unpaired) electrons. The fourth-order valence-corrected chi connectivity index (χ4v) is 1.37. The van der Waals surface area contributed by atoms with Crippen LogP contribution in [0.25, 0.3) is 0 Å². The first-order chi connectivity index (χ1) is 8.56. The van der Waals surface area contributed by atoms with Crippen molar-refractivity contribution in [1.82, 2.24) is 4.98 Å². The van der Waals surface area contributed by atoms with Crippen molar-refractivity contribution in [2.45, 2.75) is 20.0 Å². The van der Waals surface area contributed by atoms with Gasteiger partial charge in [0, 0.05) is 12.7 Å². The summed E-state index contributed by atoms with van der Waals surface area (Å²) in [4.78, 5) is 15.5. The summed E-state index contributed by atoms with van der Waals surface area (Å²) in [6, 6.07) is 1.52. The van der Waals surface area contributed by atoms with E-state index in [1.54, 1.807) is 0 Å². The van der Waals surface area contributed by atoms with Crippen molar-refractivity contribution in [2.75, 3.05) is 31.3 Å². The molecule has 18 heavy (non-hydrogen) atoms. The Morgan fingerprint density at radius 3 is 2.89 bits per heavy atom. The number of nitrogen functional groups attached to an aromatic ring is 1. The number of ether oxygens (including phenoxy) is 2. The van der Waals surface area contributed by atoms with E-state index in [4.69, 9.17) is 10.5 Å². The van der Waals surface area contributed by atoms with Gasteiger partial charge in [0.25, 0.3) is 0 Å². The van der Waals surface area contributed by atoms with Crippen molar-refractivity contribution in [1.29, 1.82) is 0 Å². The van der Waals surface area contributed by atoms with Crippen molar-refractivity contribution >= 4 is 17.5 Å². The summed E-state index contributed by atoms with van der Waals surface area (Å²) < 4.78 is 10.0. The summed E-state index contributed by atoms with van der Waals surface area (Å²) in [5.41, 5.74) is 6.43. The van der Waals surface area contributed by atoms with Gasteiger partial charge in [0.15, 0.2) is 0 Å². The van der Waals surface area contributed by atoms with Crippen LogP contribution < -0.4 is 11.1 Å². The van der Waals surface area contributed by atoms with Gasteiger partial charge in [-0.25, -0.2) is 9.78 Å². The van der Waals surface area contributed by atoms with Crippen LogP contribution in [-0.2, 0) is 9.47 Å². The highest BCUT2D eigenvalue weighted by molar-refractivity contribution is 5.97. The number of methoxy groups -OCH3 is 1. The number of anilines is 2. The third-order valence-electron chi connectivity index (χ3n) is 2.24. The Labute approximate surface area is 106 Å². The zero-order valence-electron chi connectivity index (χ0n) is 10.9. The molecule has 6 nitrogen and oxygen atoms in total. The second kappa shape index (κ2) is 6.80. The average Bonchev–Trinajstić information content (AvgIpc) is 2.35. The van der Waals surface area contributed by atoms with Gasteiger partial charge < -0.3 is 20.5 Å².